The van der Waals surface area contributed by atoms with Crippen LogP contribution in [0.3, 0.4) is 0 Å². The third-order valence-corrected chi connectivity index (χ3v) is 3.60. The molecule has 0 radical (unpaired) electrons. The zero-order chi connectivity index (χ0) is 14.7. The van der Waals surface area contributed by atoms with Crippen molar-refractivity contribution in [3.63, 3.8) is 0 Å². The Labute approximate surface area is 124 Å². The van der Waals surface area contributed by atoms with Gasteiger partial charge in [-0.2, -0.15) is 5.10 Å². The van der Waals surface area contributed by atoms with Crippen LogP contribution in [0.1, 0.15) is 11.3 Å². The maximum atomic E-state index is 5.24. The van der Waals surface area contributed by atoms with Crippen LogP contribution in [-0.4, -0.2) is 16.9 Å². The Balaban J connectivity index is 1.84. The van der Waals surface area contributed by atoms with E-state index in [-0.39, 0.29) is 0 Å². The van der Waals surface area contributed by atoms with Crippen LogP contribution in [0.25, 0.3) is 10.9 Å². The zero-order valence-electron chi connectivity index (χ0n) is 12.3. The Kier molecular flexibility index (Phi) is 3.88. The molecule has 1 heterocycles. The highest BCUT2D eigenvalue weighted by atomic mass is 16.5. The van der Waals surface area contributed by atoms with Crippen molar-refractivity contribution in [2.45, 2.75) is 13.2 Å². The monoisotopic (exact) mass is 281 g/mol. The third-order valence-electron chi connectivity index (χ3n) is 3.60. The average Bonchev–Trinajstić information content (AvgIpc) is 2.84. The van der Waals surface area contributed by atoms with Gasteiger partial charge in [-0.3, -0.25) is 4.68 Å². The minimum absolute atomic E-state index is 0.603. The van der Waals surface area contributed by atoms with Crippen LogP contribution in [-0.2, 0) is 24.9 Å². The highest BCUT2D eigenvalue weighted by molar-refractivity contribution is 5.82. The van der Waals surface area contributed by atoms with Crippen LogP contribution in [0.15, 0.2) is 48.5 Å². The standard InChI is InChI=1S/C17H19N3O/c1-20-17-10-6-4-8-14(17)16(19-20)11-18-15-9-5-3-7-13(15)12-21-2/h3-10,18H,11-12H2,1-2H3. The summed E-state index contributed by atoms with van der Waals surface area (Å²) in [6.07, 6.45) is 0. The van der Waals surface area contributed by atoms with E-state index in [1.54, 1.807) is 7.11 Å². The van der Waals surface area contributed by atoms with Gasteiger partial charge in [0, 0.05) is 30.8 Å². The van der Waals surface area contributed by atoms with Gasteiger partial charge in [-0.15, -0.1) is 0 Å². The van der Waals surface area contributed by atoms with E-state index in [0.717, 1.165) is 22.5 Å². The Hall–Kier alpha value is -2.33. The molecule has 0 spiro atoms. The highest BCUT2D eigenvalue weighted by Crippen LogP contribution is 2.20. The fourth-order valence-corrected chi connectivity index (χ4v) is 2.57. The van der Waals surface area contributed by atoms with Gasteiger partial charge in [-0.1, -0.05) is 36.4 Å². The van der Waals surface area contributed by atoms with Crippen LogP contribution in [0, 0.1) is 0 Å². The molecule has 3 aromatic rings. The lowest BCUT2D eigenvalue weighted by atomic mass is 10.1. The third kappa shape index (κ3) is 2.76. The quantitative estimate of drug-likeness (QED) is 0.779. The Morgan fingerprint density at radius 3 is 2.71 bits per heavy atom. The molecule has 108 valence electrons. The predicted octanol–water partition coefficient (Wildman–Crippen LogP) is 3.33. The number of aryl methyl sites for hydroxylation is 1. The van der Waals surface area contributed by atoms with Crippen LogP contribution in [0.4, 0.5) is 5.69 Å². The van der Waals surface area contributed by atoms with Crippen molar-refractivity contribution < 1.29 is 4.74 Å². The molecule has 4 heteroatoms. The first-order valence-corrected chi connectivity index (χ1v) is 7.01. The molecule has 0 aliphatic carbocycles. The molecule has 0 aliphatic rings. The number of hydrogen-bond donors (Lipinski definition) is 1. The van der Waals surface area contributed by atoms with Crippen molar-refractivity contribution in [2.24, 2.45) is 7.05 Å². The van der Waals surface area contributed by atoms with Crippen LogP contribution < -0.4 is 5.32 Å². The summed E-state index contributed by atoms with van der Waals surface area (Å²) in [6, 6.07) is 16.5. The van der Waals surface area contributed by atoms with E-state index in [4.69, 9.17) is 4.74 Å². The molecule has 0 saturated carbocycles. The van der Waals surface area contributed by atoms with Crippen molar-refractivity contribution in [1.29, 1.82) is 0 Å². The maximum Gasteiger partial charge on any atom is 0.0894 e. The largest absolute Gasteiger partial charge is 0.380 e. The molecular weight excluding hydrogens is 262 g/mol. The summed E-state index contributed by atoms with van der Waals surface area (Å²) in [5.41, 5.74) is 4.45. The summed E-state index contributed by atoms with van der Waals surface area (Å²) < 4.78 is 7.16. The lowest BCUT2D eigenvalue weighted by Gasteiger charge is -2.10. The fraction of sp³-hybridized carbons (Fsp3) is 0.235. The molecule has 0 bridgehead atoms. The van der Waals surface area contributed by atoms with Crippen molar-refractivity contribution in [3.8, 4) is 0 Å². The van der Waals surface area contributed by atoms with E-state index in [2.05, 4.69) is 34.7 Å². The van der Waals surface area contributed by atoms with E-state index in [0.29, 0.717) is 13.2 Å². The molecule has 0 fully saturated rings. The van der Waals surface area contributed by atoms with E-state index < -0.39 is 0 Å². The molecule has 2 aromatic carbocycles. The normalized spacial score (nSPS) is 11.0. The molecule has 4 nitrogen and oxygen atoms in total. The van der Waals surface area contributed by atoms with Gasteiger partial charge in [0.25, 0.3) is 0 Å². The van der Waals surface area contributed by atoms with E-state index in [1.807, 2.05) is 36.0 Å². The molecule has 21 heavy (non-hydrogen) atoms. The Morgan fingerprint density at radius 1 is 1.10 bits per heavy atom. The Bertz CT molecular complexity index is 749. The van der Waals surface area contributed by atoms with Gasteiger partial charge in [0.2, 0.25) is 0 Å². The summed E-state index contributed by atoms with van der Waals surface area (Å²) in [4.78, 5) is 0. The molecule has 1 N–H and O–H groups in total. The van der Waals surface area contributed by atoms with Crippen LogP contribution in [0.2, 0.25) is 0 Å². The molecule has 0 amide bonds. The minimum atomic E-state index is 0.603. The predicted molar refractivity (Wildman–Crippen MR) is 85.2 cm³/mol. The van der Waals surface area contributed by atoms with Gasteiger partial charge in [-0.05, 0) is 12.1 Å². The van der Waals surface area contributed by atoms with E-state index >= 15 is 0 Å². The van der Waals surface area contributed by atoms with Crippen molar-refractivity contribution in [1.82, 2.24) is 9.78 Å². The molecule has 1 aromatic heterocycles. The first kappa shape index (κ1) is 13.6. The maximum absolute atomic E-state index is 5.24. The van der Waals surface area contributed by atoms with Crippen molar-refractivity contribution >= 4 is 16.6 Å². The first-order valence-electron chi connectivity index (χ1n) is 7.01. The number of rotatable bonds is 5. The lowest BCUT2D eigenvalue weighted by molar-refractivity contribution is 0.185. The number of anilines is 1. The van der Waals surface area contributed by atoms with E-state index in [9.17, 15) is 0 Å². The molecule has 0 aliphatic heterocycles. The second-order valence-corrected chi connectivity index (χ2v) is 5.03. The number of para-hydroxylation sites is 2. The summed E-state index contributed by atoms with van der Waals surface area (Å²) in [6.45, 7) is 1.30. The SMILES string of the molecule is COCc1ccccc1NCc1nn(C)c2ccccc12. The fourth-order valence-electron chi connectivity index (χ4n) is 2.57. The summed E-state index contributed by atoms with van der Waals surface area (Å²) >= 11 is 0. The number of fused-ring (bicyclic) bond motifs is 1. The van der Waals surface area contributed by atoms with E-state index in [1.165, 1.54) is 5.39 Å². The average molecular weight is 281 g/mol. The Morgan fingerprint density at radius 2 is 1.86 bits per heavy atom. The second kappa shape index (κ2) is 5.97. The zero-order valence-corrected chi connectivity index (χ0v) is 12.3. The number of aromatic nitrogens is 2. The molecule has 0 saturated heterocycles. The number of nitrogens with one attached hydrogen (secondary N) is 1. The van der Waals surface area contributed by atoms with Crippen LogP contribution >= 0.6 is 0 Å². The number of nitrogens with zero attached hydrogens (tertiary/aromatic N) is 2. The smallest absolute Gasteiger partial charge is 0.0894 e. The van der Waals surface area contributed by atoms with Crippen LogP contribution in [0.5, 0.6) is 0 Å². The van der Waals surface area contributed by atoms with Crippen molar-refractivity contribution in [3.05, 3.63) is 59.8 Å². The molecule has 0 atom stereocenters. The van der Waals surface area contributed by atoms with Gasteiger partial charge < -0.3 is 10.1 Å². The van der Waals surface area contributed by atoms with Gasteiger partial charge in [-0.25, -0.2) is 0 Å². The summed E-state index contributed by atoms with van der Waals surface area (Å²) in [5.74, 6) is 0. The van der Waals surface area contributed by atoms with Gasteiger partial charge in [0.15, 0.2) is 0 Å². The molecule has 0 unspecified atom stereocenters. The molecular formula is C17H19N3O. The lowest BCUT2D eigenvalue weighted by Crippen LogP contribution is -2.04. The molecule has 3 rings (SSSR count). The second-order valence-electron chi connectivity index (χ2n) is 5.03. The van der Waals surface area contributed by atoms with Gasteiger partial charge >= 0.3 is 0 Å². The van der Waals surface area contributed by atoms with Crippen molar-refractivity contribution in [2.75, 3.05) is 12.4 Å². The number of ether oxygens (including phenoxy) is 1. The first-order chi connectivity index (χ1) is 10.3. The number of benzene rings is 2. The number of hydrogen-bond acceptors (Lipinski definition) is 3. The number of methoxy groups -OCH3 is 1. The summed E-state index contributed by atoms with van der Waals surface area (Å²) in [5, 5.41) is 9.26. The highest BCUT2D eigenvalue weighted by Gasteiger charge is 2.08. The minimum Gasteiger partial charge on any atom is -0.380 e. The summed E-state index contributed by atoms with van der Waals surface area (Å²) in [7, 11) is 3.69. The van der Waals surface area contributed by atoms with Gasteiger partial charge in [0.05, 0.1) is 24.4 Å². The van der Waals surface area contributed by atoms with Gasteiger partial charge in [0.1, 0.15) is 0 Å². The topological polar surface area (TPSA) is 39.1 Å².